The highest BCUT2D eigenvalue weighted by Gasteiger charge is 2.43. The van der Waals surface area contributed by atoms with Gasteiger partial charge in [-0.1, -0.05) is 23.7 Å². The first kappa shape index (κ1) is 27.7. The number of carbonyl (C=O) groups excluding carboxylic acids is 1. The topological polar surface area (TPSA) is 79.3 Å². The van der Waals surface area contributed by atoms with Gasteiger partial charge in [-0.05, 0) is 67.3 Å². The molecule has 0 aromatic heterocycles. The SMILES string of the molecule is COc1ccc(CN2C(=O)CCc3c(OCC4(C(=O)O)CCN(c5ccc(Cl)cc5F)CC4)ccc(F)c32)cc1. The van der Waals surface area contributed by atoms with Gasteiger partial charge in [-0.25, -0.2) is 8.78 Å². The highest BCUT2D eigenvalue weighted by molar-refractivity contribution is 6.30. The fraction of sp³-hybridized carbons (Fsp3) is 0.333. The van der Waals surface area contributed by atoms with Crippen LogP contribution < -0.4 is 19.3 Å². The van der Waals surface area contributed by atoms with Gasteiger partial charge in [-0.15, -0.1) is 0 Å². The van der Waals surface area contributed by atoms with Crippen LogP contribution in [0.1, 0.15) is 30.4 Å². The molecule has 1 saturated heterocycles. The van der Waals surface area contributed by atoms with Crippen LogP contribution in [0.3, 0.4) is 0 Å². The molecule has 3 aromatic rings. The van der Waals surface area contributed by atoms with Crippen molar-refractivity contribution >= 4 is 34.9 Å². The number of ether oxygens (including phenoxy) is 2. The van der Waals surface area contributed by atoms with E-state index in [1.807, 2.05) is 12.1 Å². The average molecular weight is 571 g/mol. The smallest absolute Gasteiger partial charge is 0.313 e. The minimum Gasteiger partial charge on any atom is -0.497 e. The van der Waals surface area contributed by atoms with Gasteiger partial charge >= 0.3 is 5.97 Å². The predicted molar refractivity (Wildman–Crippen MR) is 147 cm³/mol. The Morgan fingerprint density at radius 2 is 1.75 bits per heavy atom. The van der Waals surface area contributed by atoms with E-state index >= 15 is 4.39 Å². The summed E-state index contributed by atoms with van der Waals surface area (Å²) < 4.78 is 40.9. The number of nitrogens with zero attached hydrogens (tertiary/aromatic N) is 2. The summed E-state index contributed by atoms with van der Waals surface area (Å²) in [5.41, 5.74) is 0.671. The molecule has 1 fully saturated rings. The van der Waals surface area contributed by atoms with E-state index < -0.39 is 23.0 Å². The normalized spacial score (nSPS) is 16.4. The minimum absolute atomic E-state index is 0.135. The van der Waals surface area contributed by atoms with Crippen molar-refractivity contribution in [1.82, 2.24) is 0 Å². The molecule has 5 rings (SSSR count). The van der Waals surface area contributed by atoms with Crippen molar-refractivity contribution in [3.63, 3.8) is 0 Å². The highest BCUT2D eigenvalue weighted by atomic mass is 35.5. The maximum atomic E-state index is 15.1. The van der Waals surface area contributed by atoms with Crippen molar-refractivity contribution in [3.8, 4) is 11.5 Å². The number of carbonyl (C=O) groups is 2. The second kappa shape index (κ2) is 11.3. The predicted octanol–water partition coefficient (Wildman–Crippen LogP) is 5.86. The fourth-order valence-corrected chi connectivity index (χ4v) is 5.54. The summed E-state index contributed by atoms with van der Waals surface area (Å²) in [6, 6.07) is 14.3. The lowest BCUT2D eigenvalue weighted by Gasteiger charge is -2.40. The number of hydrogen-bond donors (Lipinski definition) is 1. The summed E-state index contributed by atoms with van der Waals surface area (Å²) in [6.07, 6.45) is 0.921. The zero-order chi connectivity index (χ0) is 28.4. The molecule has 10 heteroatoms. The molecule has 0 atom stereocenters. The number of anilines is 2. The largest absolute Gasteiger partial charge is 0.497 e. The Bertz CT molecular complexity index is 1420. The third kappa shape index (κ3) is 5.43. The molecule has 0 bridgehead atoms. The lowest BCUT2D eigenvalue weighted by molar-refractivity contribution is -0.152. The second-order valence-electron chi connectivity index (χ2n) is 10.2. The van der Waals surface area contributed by atoms with Crippen LogP contribution in [0, 0.1) is 17.0 Å². The van der Waals surface area contributed by atoms with Crippen molar-refractivity contribution < 1.29 is 33.0 Å². The Kier molecular flexibility index (Phi) is 7.85. The number of hydrogen-bond acceptors (Lipinski definition) is 5. The molecule has 0 aliphatic carbocycles. The Morgan fingerprint density at radius 3 is 2.40 bits per heavy atom. The Morgan fingerprint density at radius 1 is 1.02 bits per heavy atom. The maximum Gasteiger partial charge on any atom is 0.313 e. The van der Waals surface area contributed by atoms with Gasteiger partial charge in [0.1, 0.15) is 35.2 Å². The van der Waals surface area contributed by atoms with E-state index in [4.69, 9.17) is 21.1 Å². The fourth-order valence-electron chi connectivity index (χ4n) is 5.38. The summed E-state index contributed by atoms with van der Waals surface area (Å²) in [5.74, 6) is -1.18. The number of aliphatic carboxylic acids is 1. The molecule has 1 N–H and O–H groups in total. The summed E-state index contributed by atoms with van der Waals surface area (Å²) in [5, 5.41) is 10.5. The molecular weight excluding hydrogens is 542 g/mol. The number of methoxy groups -OCH3 is 1. The molecule has 2 aliphatic rings. The molecule has 2 aliphatic heterocycles. The van der Waals surface area contributed by atoms with E-state index in [-0.39, 0.29) is 50.4 Å². The number of carboxylic acid groups (broad SMARTS) is 1. The molecular formula is C30H29ClF2N2O5. The van der Waals surface area contributed by atoms with Gasteiger partial charge in [0.05, 0.1) is 25.0 Å². The number of piperidine rings is 1. The van der Waals surface area contributed by atoms with E-state index in [9.17, 15) is 19.1 Å². The summed E-state index contributed by atoms with van der Waals surface area (Å²) in [7, 11) is 1.56. The molecule has 210 valence electrons. The van der Waals surface area contributed by atoms with E-state index in [1.54, 1.807) is 36.3 Å². The second-order valence-corrected chi connectivity index (χ2v) is 10.6. The number of rotatable bonds is 8. The molecule has 0 saturated carbocycles. The molecule has 3 aromatic carbocycles. The quantitative estimate of drug-likeness (QED) is 0.366. The van der Waals surface area contributed by atoms with E-state index in [0.29, 0.717) is 40.9 Å². The lowest BCUT2D eigenvalue weighted by atomic mass is 9.79. The van der Waals surface area contributed by atoms with Crippen LogP contribution in [0.2, 0.25) is 5.02 Å². The molecule has 2 heterocycles. The average Bonchev–Trinajstić information content (AvgIpc) is 2.95. The van der Waals surface area contributed by atoms with Crippen LogP contribution in [0.4, 0.5) is 20.2 Å². The monoisotopic (exact) mass is 570 g/mol. The van der Waals surface area contributed by atoms with Gasteiger partial charge in [0.15, 0.2) is 0 Å². The van der Waals surface area contributed by atoms with Crippen LogP contribution in [0.25, 0.3) is 0 Å². The molecule has 0 radical (unpaired) electrons. The van der Waals surface area contributed by atoms with Crippen molar-refractivity contribution in [2.24, 2.45) is 5.41 Å². The van der Waals surface area contributed by atoms with Gasteiger partial charge in [0.2, 0.25) is 5.91 Å². The minimum atomic E-state index is -1.20. The van der Waals surface area contributed by atoms with Crippen LogP contribution >= 0.6 is 11.6 Å². The van der Waals surface area contributed by atoms with Crippen molar-refractivity contribution in [2.45, 2.75) is 32.2 Å². The molecule has 40 heavy (non-hydrogen) atoms. The molecule has 0 unspecified atom stereocenters. The van der Waals surface area contributed by atoms with Crippen LogP contribution in [-0.4, -0.2) is 43.8 Å². The van der Waals surface area contributed by atoms with Crippen LogP contribution in [-0.2, 0) is 22.6 Å². The third-order valence-electron chi connectivity index (χ3n) is 7.78. The third-order valence-corrected chi connectivity index (χ3v) is 8.01. The Hall–Kier alpha value is -3.85. The zero-order valence-corrected chi connectivity index (χ0v) is 22.7. The van der Waals surface area contributed by atoms with Gasteiger partial charge in [-0.3, -0.25) is 9.59 Å². The maximum absolute atomic E-state index is 15.1. The standard InChI is InChI=1S/C30H29ClF2N2O5/c1-39-21-5-2-19(3-6-21)17-35-27(36)11-7-22-26(10-8-23(32)28(22)35)40-18-30(29(37)38)12-14-34(15-13-30)25-9-4-20(31)16-24(25)33/h2-6,8-10,16H,7,11-15,17-18H2,1H3,(H,37,38). The lowest BCUT2D eigenvalue weighted by Crippen LogP contribution is -2.48. The number of benzene rings is 3. The van der Waals surface area contributed by atoms with Gasteiger partial charge in [-0.2, -0.15) is 0 Å². The zero-order valence-electron chi connectivity index (χ0n) is 22.0. The molecule has 0 spiro atoms. The van der Waals surface area contributed by atoms with E-state index in [0.717, 1.165) is 5.56 Å². The Balaban J connectivity index is 1.34. The molecule has 1 amide bonds. The number of amides is 1. The van der Waals surface area contributed by atoms with E-state index in [1.165, 1.54) is 23.1 Å². The van der Waals surface area contributed by atoms with Crippen molar-refractivity contribution in [2.75, 3.05) is 36.6 Å². The summed E-state index contributed by atoms with van der Waals surface area (Å²) in [6.45, 7) is 0.676. The summed E-state index contributed by atoms with van der Waals surface area (Å²) in [4.78, 5) is 28.5. The van der Waals surface area contributed by atoms with Crippen LogP contribution in [0.5, 0.6) is 11.5 Å². The van der Waals surface area contributed by atoms with Crippen LogP contribution in [0.15, 0.2) is 54.6 Å². The summed E-state index contributed by atoms with van der Waals surface area (Å²) >= 11 is 5.87. The number of halogens is 3. The van der Waals surface area contributed by atoms with Gasteiger partial charge < -0.3 is 24.4 Å². The number of fused-ring (bicyclic) bond motifs is 1. The van der Waals surface area contributed by atoms with Crippen molar-refractivity contribution in [1.29, 1.82) is 0 Å². The van der Waals surface area contributed by atoms with E-state index in [2.05, 4.69) is 0 Å². The highest BCUT2D eigenvalue weighted by Crippen LogP contribution is 2.40. The first-order chi connectivity index (χ1) is 19.2. The first-order valence-corrected chi connectivity index (χ1v) is 13.4. The Labute approximate surface area is 235 Å². The van der Waals surface area contributed by atoms with Gasteiger partial charge in [0.25, 0.3) is 0 Å². The van der Waals surface area contributed by atoms with Gasteiger partial charge in [0, 0.05) is 30.1 Å². The first-order valence-electron chi connectivity index (χ1n) is 13.0. The van der Waals surface area contributed by atoms with Crippen molar-refractivity contribution in [3.05, 3.63) is 82.4 Å². The number of carboxylic acids is 1. The molecule has 7 nitrogen and oxygen atoms in total.